The highest BCUT2D eigenvalue weighted by Crippen LogP contribution is 2.20. The van der Waals surface area contributed by atoms with E-state index in [9.17, 15) is 23.3 Å². The summed E-state index contributed by atoms with van der Waals surface area (Å²) in [5.74, 6) is -0.353. The maximum absolute atomic E-state index is 12.1. The van der Waals surface area contributed by atoms with Gasteiger partial charge in [-0.2, -0.15) is 0 Å². The van der Waals surface area contributed by atoms with Gasteiger partial charge in [-0.1, -0.05) is 12.1 Å². The lowest BCUT2D eigenvalue weighted by atomic mass is 10.3. The lowest BCUT2D eigenvalue weighted by Gasteiger charge is -2.13. The largest absolute Gasteiger partial charge is 0.484 e. The van der Waals surface area contributed by atoms with Crippen LogP contribution in [0, 0.1) is 10.1 Å². The van der Waals surface area contributed by atoms with Gasteiger partial charge in [-0.25, -0.2) is 12.7 Å². The summed E-state index contributed by atoms with van der Waals surface area (Å²) in [6.45, 7) is -0.383. The Labute approximate surface area is 150 Å². The Morgan fingerprint density at radius 2 is 1.88 bits per heavy atom. The van der Waals surface area contributed by atoms with E-state index in [0.717, 1.165) is 4.31 Å². The molecule has 0 unspecified atom stereocenters. The molecule has 0 aliphatic carbocycles. The number of amides is 1. The summed E-state index contributed by atoms with van der Waals surface area (Å²) in [5.41, 5.74) is 0.144. The van der Waals surface area contributed by atoms with Crippen molar-refractivity contribution in [2.75, 3.05) is 26.0 Å². The molecule has 1 amide bonds. The fraction of sp³-hybridized carbons (Fsp3) is 0.188. The van der Waals surface area contributed by atoms with Gasteiger partial charge < -0.3 is 10.1 Å². The molecule has 2 rings (SSSR count). The highest BCUT2D eigenvalue weighted by molar-refractivity contribution is 7.89. The standard InChI is InChI=1S/C16H17N3O6S/c1-18(2)26(23,24)15-8-3-5-12(9-15)17-16(20)11-25-14-7-4-6-13(10-14)19(21)22/h3-10H,11H2,1-2H3,(H,17,20). The third kappa shape index (κ3) is 4.77. The number of non-ortho nitro benzene ring substituents is 1. The fourth-order valence-electron chi connectivity index (χ4n) is 1.98. The number of nitrogens with one attached hydrogen (secondary N) is 1. The molecular formula is C16H17N3O6S. The third-order valence-electron chi connectivity index (χ3n) is 3.29. The first-order valence-electron chi connectivity index (χ1n) is 7.40. The first-order valence-corrected chi connectivity index (χ1v) is 8.84. The Morgan fingerprint density at radius 3 is 2.54 bits per heavy atom. The highest BCUT2D eigenvalue weighted by Gasteiger charge is 2.17. The van der Waals surface area contributed by atoms with Gasteiger partial charge in [-0.3, -0.25) is 14.9 Å². The van der Waals surface area contributed by atoms with Crippen LogP contribution in [0.4, 0.5) is 11.4 Å². The number of benzene rings is 2. The van der Waals surface area contributed by atoms with E-state index in [0.29, 0.717) is 5.69 Å². The van der Waals surface area contributed by atoms with Crippen LogP contribution in [0.25, 0.3) is 0 Å². The number of nitrogens with zero attached hydrogens (tertiary/aromatic N) is 2. The molecule has 0 radical (unpaired) electrons. The zero-order valence-electron chi connectivity index (χ0n) is 14.1. The molecule has 0 fully saturated rings. The molecule has 0 heterocycles. The van der Waals surface area contributed by atoms with Crippen LogP contribution >= 0.6 is 0 Å². The molecule has 2 aromatic rings. The predicted octanol–water partition coefficient (Wildman–Crippen LogP) is 1.86. The first kappa shape index (κ1) is 19.3. The second kappa shape index (κ2) is 7.93. The summed E-state index contributed by atoms with van der Waals surface area (Å²) in [5, 5.41) is 13.2. The third-order valence-corrected chi connectivity index (χ3v) is 5.11. The number of ether oxygens (including phenoxy) is 1. The predicted molar refractivity (Wildman–Crippen MR) is 94.5 cm³/mol. The van der Waals surface area contributed by atoms with E-state index in [-0.39, 0.29) is 22.9 Å². The van der Waals surface area contributed by atoms with Gasteiger partial charge >= 0.3 is 0 Å². The summed E-state index contributed by atoms with van der Waals surface area (Å²) in [7, 11) is -0.796. The van der Waals surface area contributed by atoms with Crippen molar-refractivity contribution >= 4 is 27.3 Å². The van der Waals surface area contributed by atoms with Crippen LogP contribution in [0.15, 0.2) is 53.4 Å². The van der Waals surface area contributed by atoms with Crippen molar-refractivity contribution in [3.8, 4) is 5.75 Å². The van der Waals surface area contributed by atoms with Gasteiger partial charge in [-0.15, -0.1) is 0 Å². The molecule has 1 N–H and O–H groups in total. The van der Waals surface area contributed by atoms with Gasteiger partial charge in [0.1, 0.15) is 5.75 Å². The van der Waals surface area contributed by atoms with Gasteiger partial charge in [0.2, 0.25) is 10.0 Å². The molecular weight excluding hydrogens is 362 g/mol. The van der Waals surface area contributed by atoms with Crippen LogP contribution in [0.5, 0.6) is 5.75 Å². The molecule has 0 aliphatic rings. The van der Waals surface area contributed by atoms with Gasteiger partial charge in [0, 0.05) is 25.8 Å². The van der Waals surface area contributed by atoms with E-state index >= 15 is 0 Å². The molecule has 26 heavy (non-hydrogen) atoms. The van der Waals surface area contributed by atoms with Crippen LogP contribution in [0.3, 0.4) is 0 Å². The number of carbonyl (C=O) groups excluding carboxylic acids is 1. The Kier molecular flexibility index (Phi) is 5.90. The van der Waals surface area contributed by atoms with Crippen molar-refractivity contribution < 1.29 is 22.9 Å². The van der Waals surface area contributed by atoms with Crippen molar-refractivity contribution in [3.63, 3.8) is 0 Å². The van der Waals surface area contributed by atoms with Crippen molar-refractivity contribution in [2.45, 2.75) is 4.90 Å². The molecule has 0 bridgehead atoms. The number of nitro groups is 1. The molecule has 0 spiro atoms. The minimum absolute atomic E-state index is 0.0416. The van der Waals surface area contributed by atoms with E-state index in [1.54, 1.807) is 6.07 Å². The van der Waals surface area contributed by atoms with Crippen molar-refractivity contribution in [2.24, 2.45) is 0 Å². The summed E-state index contributed by atoms with van der Waals surface area (Å²) >= 11 is 0. The van der Waals surface area contributed by atoms with E-state index in [4.69, 9.17) is 4.74 Å². The van der Waals surface area contributed by atoms with Crippen molar-refractivity contribution in [1.29, 1.82) is 0 Å². The molecule has 10 heteroatoms. The van der Waals surface area contributed by atoms with Gasteiger partial charge in [0.05, 0.1) is 15.9 Å². The number of rotatable bonds is 7. The average Bonchev–Trinajstić information content (AvgIpc) is 2.60. The average molecular weight is 379 g/mol. The Hall–Kier alpha value is -2.98. The second-order valence-corrected chi connectivity index (χ2v) is 7.56. The number of nitro benzene ring substituents is 1. The molecule has 0 aliphatic heterocycles. The second-order valence-electron chi connectivity index (χ2n) is 5.41. The molecule has 0 aromatic heterocycles. The van der Waals surface area contributed by atoms with Crippen LogP contribution in [0.1, 0.15) is 0 Å². The summed E-state index contributed by atoms with van der Waals surface area (Å²) in [6.07, 6.45) is 0. The molecule has 0 saturated heterocycles. The summed E-state index contributed by atoms with van der Waals surface area (Å²) in [4.78, 5) is 22.2. The normalized spacial score (nSPS) is 11.2. The van der Waals surface area contributed by atoms with E-state index in [1.165, 1.54) is 56.6 Å². The zero-order valence-corrected chi connectivity index (χ0v) is 14.9. The van der Waals surface area contributed by atoms with Crippen LogP contribution in [0.2, 0.25) is 0 Å². The van der Waals surface area contributed by atoms with Crippen molar-refractivity contribution in [3.05, 3.63) is 58.6 Å². The van der Waals surface area contributed by atoms with E-state index in [2.05, 4.69) is 5.32 Å². The van der Waals surface area contributed by atoms with Crippen LogP contribution < -0.4 is 10.1 Å². The van der Waals surface area contributed by atoms with Gasteiger partial charge in [0.15, 0.2) is 6.61 Å². The SMILES string of the molecule is CN(C)S(=O)(=O)c1cccc(NC(=O)COc2cccc([N+](=O)[O-])c2)c1. The number of hydrogen-bond acceptors (Lipinski definition) is 6. The molecule has 138 valence electrons. The topological polar surface area (TPSA) is 119 Å². The van der Waals surface area contributed by atoms with Crippen LogP contribution in [-0.2, 0) is 14.8 Å². The van der Waals surface area contributed by atoms with E-state index < -0.39 is 20.9 Å². The first-order chi connectivity index (χ1) is 12.2. The van der Waals surface area contributed by atoms with Gasteiger partial charge in [-0.05, 0) is 24.3 Å². The Balaban J connectivity index is 2.02. The highest BCUT2D eigenvalue weighted by atomic mass is 32.2. The maximum Gasteiger partial charge on any atom is 0.273 e. The van der Waals surface area contributed by atoms with Gasteiger partial charge in [0.25, 0.3) is 11.6 Å². The number of anilines is 1. The van der Waals surface area contributed by atoms with E-state index in [1.807, 2.05) is 0 Å². The lowest BCUT2D eigenvalue weighted by Crippen LogP contribution is -2.23. The molecule has 0 saturated carbocycles. The smallest absolute Gasteiger partial charge is 0.273 e. The quantitative estimate of drug-likeness (QED) is 0.579. The number of carbonyl (C=O) groups is 1. The minimum Gasteiger partial charge on any atom is -0.484 e. The molecule has 2 aromatic carbocycles. The zero-order chi connectivity index (χ0) is 19.3. The lowest BCUT2D eigenvalue weighted by molar-refractivity contribution is -0.384. The molecule has 9 nitrogen and oxygen atoms in total. The molecule has 0 atom stereocenters. The number of sulfonamides is 1. The maximum atomic E-state index is 12.1. The van der Waals surface area contributed by atoms with Crippen LogP contribution in [-0.4, -0.2) is 44.3 Å². The summed E-state index contributed by atoms with van der Waals surface area (Å²) in [6, 6.07) is 11.3. The number of hydrogen-bond donors (Lipinski definition) is 1. The van der Waals surface area contributed by atoms with Crippen molar-refractivity contribution in [1.82, 2.24) is 4.31 Å². The Morgan fingerprint density at radius 1 is 1.19 bits per heavy atom. The fourth-order valence-corrected chi connectivity index (χ4v) is 2.93. The Bertz CT molecular complexity index is 927. The monoisotopic (exact) mass is 379 g/mol. The minimum atomic E-state index is -3.62. The summed E-state index contributed by atoms with van der Waals surface area (Å²) < 4.78 is 30.5.